The number of carbonyl (C=O) groups is 1. The summed E-state index contributed by atoms with van der Waals surface area (Å²) in [6, 6.07) is 5.43. The van der Waals surface area contributed by atoms with E-state index < -0.39 is 0 Å². The van der Waals surface area contributed by atoms with Crippen molar-refractivity contribution in [2.45, 2.75) is 12.5 Å². The predicted molar refractivity (Wildman–Crippen MR) is 73.9 cm³/mol. The van der Waals surface area contributed by atoms with Crippen LogP contribution in [-0.2, 0) is 0 Å². The standard InChI is InChI=1S/C13H18ClN3O/c1-16(2)12-3-4-17(8-12)13(18)9-5-10(14)7-11(15)6-9/h5-7,12H,3-4,8,15H2,1-2H3. The van der Waals surface area contributed by atoms with Gasteiger partial charge in [-0.15, -0.1) is 0 Å². The molecule has 1 amide bonds. The van der Waals surface area contributed by atoms with Gasteiger partial charge in [0.05, 0.1) is 0 Å². The summed E-state index contributed by atoms with van der Waals surface area (Å²) in [4.78, 5) is 16.3. The van der Waals surface area contributed by atoms with Crippen LogP contribution in [-0.4, -0.2) is 48.9 Å². The van der Waals surface area contributed by atoms with Gasteiger partial charge < -0.3 is 15.5 Å². The fourth-order valence-corrected chi connectivity index (χ4v) is 2.51. The summed E-state index contributed by atoms with van der Waals surface area (Å²) in [5, 5.41) is 0.502. The zero-order valence-corrected chi connectivity index (χ0v) is 11.4. The van der Waals surface area contributed by atoms with Crippen LogP contribution in [0.3, 0.4) is 0 Å². The highest BCUT2D eigenvalue weighted by Crippen LogP contribution is 2.21. The van der Waals surface area contributed by atoms with Crippen LogP contribution in [0.15, 0.2) is 18.2 Å². The summed E-state index contributed by atoms with van der Waals surface area (Å²) in [6.45, 7) is 1.55. The molecule has 1 aromatic carbocycles. The zero-order valence-electron chi connectivity index (χ0n) is 10.7. The molecule has 0 aliphatic carbocycles. The largest absolute Gasteiger partial charge is 0.399 e. The number of benzene rings is 1. The van der Waals surface area contributed by atoms with Gasteiger partial charge in [0.25, 0.3) is 5.91 Å². The Bertz CT molecular complexity index is 441. The lowest BCUT2D eigenvalue weighted by atomic mass is 10.2. The second-order valence-corrected chi connectivity index (χ2v) is 5.37. The number of hydrogen-bond donors (Lipinski definition) is 1. The highest BCUT2D eigenvalue weighted by atomic mass is 35.5. The Morgan fingerprint density at radius 1 is 1.44 bits per heavy atom. The number of carbonyl (C=O) groups excluding carboxylic acids is 1. The molecule has 0 saturated carbocycles. The van der Waals surface area contributed by atoms with Gasteiger partial charge in [0, 0.05) is 35.4 Å². The van der Waals surface area contributed by atoms with Crippen LogP contribution in [0.4, 0.5) is 5.69 Å². The minimum absolute atomic E-state index is 0.00792. The van der Waals surface area contributed by atoms with Gasteiger partial charge >= 0.3 is 0 Å². The molecular formula is C13H18ClN3O. The van der Waals surface area contributed by atoms with Crippen molar-refractivity contribution in [1.82, 2.24) is 9.80 Å². The first kappa shape index (κ1) is 13.2. The number of nitrogens with zero attached hydrogens (tertiary/aromatic N) is 2. The molecule has 1 atom stereocenters. The van der Waals surface area contributed by atoms with E-state index in [1.807, 2.05) is 19.0 Å². The summed E-state index contributed by atoms with van der Waals surface area (Å²) >= 11 is 5.92. The van der Waals surface area contributed by atoms with E-state index in [-0.39, 0.29) is 5.91 Å². The number of anilines is 1. The molecule has 0 spiro atoms. The highest BCUT2D eigenvalue weighted by Gasteiger charge is 2.28. The molecule has 18 heavy (non-hydrogen) atoms. The number of nitrogen functional groups attached to an aromatic ring is 1. The summed E-state index contributed by atoms with van der Waals surface area (Å²) in [5.74, 6) is 0.00792. The molecule has 1 fully saturated rings. The molecule has 2 N–H and O–H groups in total. The van der Waals surface area contributed by atoms with Crippen LogP contribution in [0.25, 0.3) is 0 Å². The lowest BCUT2D eigenvalue weighted by Crippen LogP contribution is -2.34. The molecular weight excluding hydrogens is 250 g/mol. The fourth-order valence-electron chi connectivity index (χ4n) is 2.27. The van der Waals surface area contributed by atoms with E-state index >= 15 is 0 Å². The highest BCUT2D eigenvalue weighted by molar-refractivity contribution is 6.31. The first-order chi connectivity index (χ1) is 8.47. The monoisotopic (exact) mass is 267 g/mol. The number of likely N-dealkylation sites (N-methyl/N-ethyl adjacent to an activating group) is 1. The summed E-state index contributed by atoms with van der Waals surface area (Å²) in [5.41, 5.74) is 6.80. The number of likely N-dealkylation sites (tertiary alicyclic amines) is 1. The molecule has 1 saturated heterocycles. The van der Waals surface area contributed by atoms with E-state index in [1.165, 1.54) is 0 Å². The quantitative estimate of drug-likeness (QED) is 0.830. The number of hydrogen-bond acceptors (Lipinski definition) is 3. The van der Waals surface area contributed by atoms with Gasteiger partial charge in [-0.05, 0) is 38.7 Å². The van der Waals surface area contributed by atoms with Gasteiger partial charge in [0.1, 0.15) is 0 Å². The maximum atomic E-state index is 12.3. The van der Waals surface area contributed by atoms with Gasteiger partial charge in [-0.25, -0.2) is 0 Å². The summed E-state index contributed by atoms with van der Waals surface area (Å²) < 4.78 is 0. The molecule has 0 bridgehead atoms. The Morgan fingerprint density at radius 3 is 2.72 bits per heavy atom. The topological polar surface area (TPSA) is 49.6 Å². The number of halogens is 1. The molecule has 4 nitrogen and oxygen atoms in total. The van der Waals surface area contributed by atoms with Gasteiger partial charge in [0.15, 0.2) is 0 Å². The minimum atomic E-state index is 0.00792. The molecule has 5 heteroatoms. The van der Waals surface area contributed by atoms with Crippen LogP contribution < -0.4 is 5.73 Å². The maximum absolute atomic E-state index is 12.3. The first-order valence-corrected chi connectivity index (χ1v) is 6.37. The minimum Gasteiger partial charge on any atom is -0.399 e. The van der Waals surface area contributed by atoms with E-state index in [2.05, 4.69) is 4.90 Å². The van der Waals surface area contributed by atoms with Gasteiger partial charge in [0.2, 0.25) is 0 Å². The third-order valence-corrected chi connectivity index (χ3v) is 3.57. The molecule has 1 heterocycles. The SMILES string of the molecule is CN(C)C1CCN(C(=O)c2cc(N)cc(Cl)c2)C1. The van der Waals surface area contributed by atoms with E-state index in [1.54, 1.807) is 18.2 Å². The van der Waals surface area contributed by atoms with Crippen LogP contribution in [0.5, 0.6) is 0 Å². The van der Waals surface area contributed by atoms with Crippen molar-refractivity contribution in [3.05, 3.63) is 28.8 Å². The smallest absolute Gasteiger partial charge is 0.254 e. The van der Waals surface area contributed by atoms with E-state index in [0.717, 1.165) is 19.5 Å². The Labute approximate surface area is 112 Å². The third kappa shape index (κ3) is 2.76. The Morgan fingerprint density at radius 2 is 2.17 bits per heavy atom. The van der Waals surface area contributed by atoms with E-state index in [0.29, 0.717) is 22.3 Å². The van der Waals surface area contributed by atoms with Crippen LogP contribution >= 0.6 is 11.6 Å². The number of nitrogens with two attached hydrogens (primary N) is 1. The lowest BCUT2D eigenvalue weighted by molar-refractivity contribution is 0.0783. The van der Waals surface area contributed by atoms with E-state index in [4.69, 9.17) is 17.3 Å². The maximum Gasteiger partial charge on any atom is 0.254 e. The van der Waals surface area contributed by atoms with E-state index in [9.17, 15) is 4.79 Å². The van der Waals surface area contributed by atoms with Gasteiger partial charge in [-0.1, -0.05) is 11.6 Å². The molecule has 1 aliphatic rings. The molecule has 1 aromatic rings. The predicted octanol–water partition coefficient (Wildman–Crippen LogP) is 1.70. The van der Waals surface area contributed by atoms with Crippen molar-refractivity contribution in [1.29, 1.82) is 0 Å². The molecule has 98 valence electrons. The van der Waals surface area contributed by atoms with Crippen molar-refractivity contribution in [3.63, 3.8) is 0 Å². The van der Waals surface area contributed by atoms with Crippen molar-refractivity contribution >= 4 is 23.2 Å². The van der Waals surface area contributed by atoms with Crippen LogP contribution in [0, 0.1) is 0 Å². The normalized spacial score (nSPS) is 19.6. The molecule has 1 aliphatic heterocycles. The average Bonchev–Trinajstić information content (AvgIpc) is 2.75. The van der Waals surface area contributed by atoms with Gasteiger partial charge in [-0.3, -0.25) is 4.79 Å². The molecule has 1 unspecified atom stereocenters. The Kier molecular flexibility index (Phi) is 3.78. The zero-order chi connectivity index (χ0) is 13.3. The summed E-state index contributed by atoms with van der Waals surface area (Å²) in [7, 11) is 4.08. The molecule has 2 rings (SSSR count). The van der Waals surface area contributed by atoms with Crippen molar-refractivity contribution in [2.75, 3.05) is 32.9 Å². The first-order valence-electron chi connectivity index (χ1n) is 5.99. The Hall–Kier alpha value is -1.26. The van der Waals surface area contributed by atoms with Gasteiger partial charge in [-0.2, -0.15) is 0 Å². The lowest BCUT2D eigenvalue weighted by Gasteiger charge is -2.20. The number of rotatable bonds is 2. The number of amides is 1. The third-order valence-electron chi connectivity index (χ3n) is 3.35. The molecule has 0 radical (unpaired) electrons. The fraction of sp³-hybridized carbons (Fsp3) is 0.462. The Balaban J connectivity index is 2.12. The van der Waals surface area contributed by atoms with Crippen molar-refractivity contribution < 1.29 is 4.79 Å². The van der Waals surface area contributed by atoms with Crippen LogP contribution in [0.1, 0.15) is 16.8 Å². The summed E-state index contributed by atoms with van der Waals surface area (Å²) in [6.07, 6.45) is 1.01. The second-order valence-electron chi connectivity index (χ2n) is 4.93. The average molecular weight is 268 g/mol. The van der Waals surface area contributed by atoms with Crippen molar-refractivity contribution in [2.24, 2.45) is 0 Å². The van der Waals surface area contributed by atoms with Crippen LogP contribution in [0.2, 0.25) is 5.02 Å². The molecule has 0 aromatic heterocycles. The second kappa shape index (κ2) is 5.16. The van der Waals surface area contributed by atoms with Crippen molar-refractivity contribution in [3.8, 4) is 0 Å².